The molecule has 10 heavy (non-hydrogen) atoms. The van der Waals surface area contributed by atoms with Crippen molar-refractivity contribution >= 4 is 5.97 Å². The molecule has 0 aliphatic carbocycles. The average Bonchev–Trinajstić information content (AvgIpc) is 1.63. The van der Waals surface area contributed by atoms with Crippen molar-refractivity contribution in [3.05, 3.63) is 0 Å². The quantitative estimate of drug-likeness (QED) is 0.857. The van der Waals surface area contributed by atoms with Crippen LogP contribution in [-0.4, -0.2) is 11.1 Å². The minimum atomic E-state index is -0.685. The molecule has 0 fully saturated rings. The van der Waals surface area contributed by atoms with Crippen LogP contribution in [-0.2, 0) is 4.79 Å². The Morgan fingerprint density at radius 1 is 1.50 bits per heavy atom. The van der Waals surface area contributed by atoms with Crippen LogP contribution < -0.4 is 0 Å². The van der Waals surface area contributed by atoms with Crippen molar-refractivity contribution in [1.82, 2.24) is 0 Å². The summed E-state index contributed by atoms with van der Waals surface area (Å²) in [6.45, 7) is 4.20. The van der Waals surface area contributed by atoms with Crippen molar-refractivity contribution in [3.8, 4) is 0 Å². The third-order valence-electron chi connectivity index (χ3n) is 1.17. The summed E-state index contributed by atoms with van der Waals surface area (Å²) in [6.07, 6.45) is 2.15. The molecule has 0 aromatic rings. The smallest absolute Gasteiger partial charge is 0.303 e. The molecule has 1 N–H and O–H groups in total. The summed E-state index contributed by atoms with van der Waals surface area (Å²) in [5.74, 6) is -0.0556. The summed E-state index contributed by atoms with van der Waals surface area (Å²) >= 11 is 0. The van der Waals surface area contributed by atoms with Crippen molar-refractivity contribution in [2.45, 2.75) is 33.1 Å². The van der Waals surface area contributed by atoms with E-state index in [0.29, 0.717) is 12.3 Å². The molecule has 0 aliphatic rings. The molecular weight excluding hydrogens is 273 g/mol. The fraction of sp³-hybridized carbons (Fsp3) is 0.857. The maximum atomic E-state index is 9.98. The van der Waals surface area contributed by atoms with Gasteiger partial charge in [-0.15, -0.1) is 0 Å². The van der Waals surface area contributed by atoms with E-state index in [1.165, 1.54) is 0 Å². The Balaban J connectivity index is 0. The fourth-order valence-corrected chi connectivity index (χ4v) is 0.662. The van der Waals surface area contributed by atoms with E-state index in [4.69, 9.17) is 5.11 Å². The van der Waals surface area contributed by atoms with Crippen molar-refractivity contribution in [1.29, 1.82) is 0 Å². The molecule has 0 aromatic heterocycles. The number of carboxylic acid groups (broad SMARTS) is 1. The third kappa shape index (κ3) is 11.6. The summed E-state index contributed by atoms with van der Waals surface area (Å²) in [7, 11) is 0. The zero-order chi connectivity index (χ0) is 7.28. The standard InChI is InChI=1S/C7H14O2.Gd/c1-6(2)4-3-5-7(8)9;/h6H,3-5H2,1-2H3,(H,8,9);. The monoisotopic (exact) mass is 288 g/mol. The SMILES string of the molecule is CC(C)CCCC(=O)O.[Gd]. The molecule has 0 radical (unpaired) electrons. The van der Waals surface area contributed by atoms with Crippen molar-refractivity contribution in [2.75, 3.05) is 0 Å². The van der Waals surface area contributed by atoms with Gasteiger partial charge in [-0.05, 0) is 12.3 Å². The van der Waals surface area contributed by atoms with Crippen LogP contribution in [0.1, 0.15) is 33.1 Å². The molecule has 62 valence electrons. The number of hydrogen-bond acceptors (Lipinski definition) is 1. The van der Waals surface area contributed by atoms with Crippen LogP contribution in [0.15, 0.2) is 0 Å². The van der Waals surface area contributed by atoms with E-state index in [2.05, 4.69) is 13.8 Å². The van der Waals surface area contributed by atoms with Gasteiger partial charge >= 0.3 is 5.97 Å². The van der Waals surface area contributed by atoms with Crippen LogP contribution in [0.5, 0.6) is 0 Å². The second-order valence-corrected chi connectivity index (χ2v) is 2.68. The topological polar surface area (TPSA) is 37.3 Å². The van der Waals surface area contributed by atoms with E-state index in [1.54, 1.807) is 0 Å². The first-order valence-electron chi connectivity index (χ1n) is 3.34. The number of rotatable bonds is 4. The third-order valence-corrected chi connectivity index (χ3v) is 1.17. The molecule has 0 saturated heterocycles. The van der Waals surface area contributed by atoms with Gasteiger partial charge in [0.15, 0.2) is 0 Å². The minimum absolute atomic E-state index is 0. The van der Waals surface area contributed by atoms with Gasteiger partial charge in [-0.1, -0.05) is 20.3 Å². The number of aliphatic carboxylic acids is 1. The van der Waals surface area contributed by atoms with Gasteiger partial charge in [0.25, 0.3) is 0 Å². The van der Waals surface area contributed by atoms with Crippen molar-refractivity contribution < 1.29 is 49.8 Å². The Kier molecular flexibility index (Phi) is 10.6. The van der Waals surface area contributed by atoms with Gasteiger partial charge < -0.3 is 5.11 Å². The molecule has 0 amide bonds. The maximum absolute atomic E-state index is 9.98. The van der Waals surface area contributed by atoms with Crippen LogP contribution in [0.3, 0.4) is 0 Å². The molecule has 2 nitrogen and oxygen atoms in total. The Hall–Kier alpha value is 0.795. The van der Waals surface area contributed by atoms with Gasteiger partial charge in [0.1, 0.15) is 0 Å². The maximum Gasteiger partial charge on any atom is 0.303 e. The minimum Gasteiger partial charge on any atom is -0.481 e. The second-order valence-electron chi connectivity index (χ2n) is 2.68. The zero-order valence-electron chi connectivity index (χ0n) is 6.41. The van der Waals surface area contributed by atoms with Crippen LogP contribution in [0, 0.1) is 45.9 Å². The molecule has 0 saturated carbocycles. The van der Waals surface area contributed by atoms with Gasteiger partial charge in [0, 0.05) is 46.4 Å². The van der Waals surface area contributed by atoms with Crippen LogP contribution in [0.4, 0.5) is 0 Å². The second kappa shape index (κ2) is 7.90. The van der Waals surface area contributed by atoms with Crippen LogP contribution >= 0.6 is 0 Å². The first kappa shape index (κ1) is 13.4. The summed E-state index contributed by atoms with van der Waals surface area (Å²) in [5, 5.41) is 8.23. The number of carbonyl (C=O) groups is 1. The van der Waals surface area contributed by atoms with Gasteiger partial charge in [0.05, 0.1) is 0 Å². The van der Waals surface area contributed by atoms with E-state index in [9.17, 15) is 4.79 Å². The van der Waals surface area contributed by atoms with Gasteiger partial charge in [-0.3, -0.25) is 4.79 Å². The molecule has 0 heterocycles. The van der Waals surface area contributed by atoms with E-state index in [1.807, 2.05) is 0 Å². The van der Waals surface area contributed by atoms with E-state index in [-0.39, 0.29) is 39.9 Å². The molecular formula is C7H14GdO2. The normalized spacial score (nSPS) is 9.10. The zero-order valence-corrected chi connectivity index (χ0v) is 8.68. The Labute approximate surface area is 94.1 Å². The van der Waals surface area contributed by atoms with Crippen LogP contribution in [0.25, 0.3) is 0 Å². The van der Waals surface area contributed by atoms with Gasteiger partial charge in [-0.25, -0.2) is 0 Å². The molecule has 0 bridgehead atoms. The van der Waals surface area contributed by atoms with Crippen molar-refractivity contribution in [2.24, 2.45) is 5.92 Å². The molecule has 0 unspecified atom stereocenters. The van der Waals surface area contributed by atoms with E-state index < -0.39 is 5.97 Å². The summed E-state index contributed by atoms with van der Waals surface area (Å²) in [4.78, 5) is 9.98. The van der Waals surface area contributed by atoms with E-state index >= 15 is 0 Å². The molecule has 0 atom stereocenters. The number of carboxylic acids is 1. The molecule has 0 rings (SSSR count). The first-order valence-corrected chi connectivity index (χ1v) is 3.34. The summed E-state index contributed by atoms with van der Waals surface area (Å²) in [5.41, 5.74) is 0. The predicted octanol–water partition coefficient (Wildman–Crippen LogP) is 1.90. The Morgan fingerprint density at radius 2 is 2.00 bits per heavy atom. The predicted molar refractivity (Wildman–Crippen MR) is 36.3 cm³/mol. The first-order chi connectivity index (χ1) is 4.13. The summed E-state index contributed by atoms with van der Waals surface area (Å²) < 4.78 is 0. The van der Waals surface area contributed by atoms with E-state index in [0.717, 1.165) is 12.8 Å². The Bertz CT molecular complexity index is 91.6. The summed E-state index contributed by atoms with van der Waals surface area (Å²) in [6, 6.07) is 0. The molecule has 0 aromatic carbocycles. The Morgan fingerprint density at radius 3 is 2.30 bits per heavy atom. The molecule has 0 spiro atoms. The average molecular weight is 287 g/mol. The number of hydrogen-bond donors (Lipinski definition) is 1. The fourth-order valence-electron chi connectivity index (χ4n) is 0.662. The molecule has 3 heteroatoms. The van der Waals surface area contributed by atoms with Gasteiger partial charge in [0.2, 0.25) is 0 Å². The van der Waals surface area contributed by atoms with Gasteiger partial charge in [-0.2, -0.15) is 0 Å². The van der Waals surface area contributed by atoms with Crippen molar-refractivity contribution in [3.63, 3.8) is 0 Å². The molecule has 0 aliphatic heterocycles. The largest absolute Gasteiger partial charge is 0.481 e. The van der Waals surface area contributed by atoms with Crippen LogP contribution in [0.2, 0.25) is 0 Å².